The molecule has 102 valence electrons. The minimum absolute atomic E-state index is 0.751. The first-order valence-corrected chi connectivity index (χ1v) is 4.60. The number of carbonyl (C=O) groups excluding carboxylic acids is 1. The molecule has 19 heavy (non-hydrogen) atoms. The third kappa shape index (κ3) is 2.28. The number of carboxylic acid groups (broad SMARTS) is 1. The van der Waals surface area contributed by atoms with Gasteiger partial charge in [-0.3, -0.25) is 0 Å². The second-order valence-corrected chi connectivity index (χ2v) is 3.28. The number of methoxy groups -OCH3 is 1. The van der Waals surface area contributed by atoms with Crippen molar-refractivity contribution < 1.29 is 37.0 Å². The highest BCUT2D eigenvalue weighted by Crippen LogP contribution is 2.29. The van der Waals surface area contributed by atoms with E-state index >= 15 is 0 Å². The van der Waals surface area contributed by atoms with Gasteiger partial charge in [-0.1, -0.05) is 6.58 Å². The van der Waals surface area contributed by atoms with Gasteiger partial charge in [0, 0.05) is 0 Å². The van der Waals surface area contributed by atoms with Crippen LogP contribution in [0.3, 0.4) is 0 Å². The number of hydrogen-bond acceptors (Lipinski definition) is 3. The standard InChI is InChI=1S/C11H6F4O4/c1-3(10(16)17)4-6(12)8(14)5(11(18)19-2)9(15)7(4)13/h1H2,2H3,(H,16,17). The van der Waals surface area contributed by atoms with E-state index in [0.29, 0.717) is 0 Å². The van der Waals surface area contributed by atoms with E-state index in [4.69, 9.17) is 5.11 Å². The molecule has 8 heteroatoms. The number of aliphatic carboxylic acids is 1. The summed E-state index contributed by atoms with van der Waals surface area (Å²) in [4.78, 5) is 21.5. The topological polar surface area (TPSA) is 63.6 Å². The molecular formula is C11H6F4O4. The predicted molar refractivity (Wildman–Crippen MR) is 54.3 cm³/mol. The zero-order chi connectivity index (χ0) is 14.9. The normalized spacial score (nSPS) is 10.2. The highest BCUT2D eigenvalue weighted by atomic mass is 19.2. The van der Waals surface area contributed by atoms with Gasteiger partial charge >= 0.3 is 11.9 Å². The van der Waals surface area contributed by atoms with Gasteiger partial charge in [0.05, 0.1) is 18.2 Å². The van der Waals surface area contributed by atoms with Crippen LogP contribution in [-0.2, 0) is 9.53 Å². The fraction of sp³-hybridized carbons (Fsp3) is 0.0909. The number of carbonyl (C=O) groups is 2. The Bertz CT molecular complexity index is 566. The van der Waals surface area contributed by atoms with Crippen LogP contribution >= 0.6 is 0 Å². The molecule has 0 bridgehead atoms. The van der Waals surface area contributed by atoms with Crippen molar-refractivity contribution in [2.45, 2.75) is 0 Å². The Hall–Kier alpha value is -2.38. The van der Waals surface area contributed by atoms with Crippen LogP contribution < -0.4 is 0 Å². The second kappa shape index (κ2) is 5.09. The van der Waals surface area contributed by atoms with Crippen LogP contribution in [0.1, 0.15) is 15.9 Å². The largest absolute Gasteiger partial charge is 0.478 e. The van der Waals surface area contributed by atoms with E-state index < -0.39 is 51.9 Å². The summed E-state index contributed by atoms with van der Waals surface area (Å²) >= 11 is 0. The van der Waals surface area contributed by atoms with E-state index in [2.05, 4.69) is 11.3 Å². The Balaban J connectivity index is 3.71. The highest BCUT2D eigenvalue weighted by Gasteiger charge is 2.32. The molecule has 0 aliphatic carbocycles. The summed E-state index contributed by atoms with van der Waals surface area (Å²) in [6, 6.07) is 0. The van der Waals surface area contributed by atoms with Crippen molar-refractivity contribution in [2.75, 3.05) is 7.11 Å². The Morgan fingerprint density at radius 2 is 1.37 bits per heavy atom. The maximum absolute atomic E-state index is 13.5. The van der Waals surface area contributed by atoms with Gasteiger partial charge in [-0.2, -0.15) is 0 Å². The lowest BCUT2D eigenvalue weighted by Crippen LogP contribution is -2.15. The van der Waals surface area contributed by atoms with E-state index in [1.54, 1.807) is 0 Å². The van der Waals surface area contributed by atoms with E-state index in [9.17, 15) is 27.2 Å². The molecule has 1 aromatic rings. The number of hydrogen-bond donors (Lipinski definition) is 1. The lowest BCUT2D eigenvalue weighted by Gasteiger charge is -2.10. The fourth-order valence-corrected chi connectivity index (χ4v) is 1.28. The molecule has 0 saturated carbocycles. The van der Waals surface area contributed by atoms with Crippen molar-refractivity contribution >= 4 is 17.5 Å². The molecule has 1 N–H and O–H groups in total. The molecule has 0 heterocycles. The van der Waals surface area contributed by atoms with Crippen molar-refractivity contribution in [3.05, 3.63) is 41.0 Å². The summed E-state index contributed by atoms with van der Waals surface area (Å²) in [5.74, 6) is -11.7. The van der Waals surface area contributed by atoms with E-state index in [1.807, 2.05) is 0 Å². The molecule has 0 amide bonds. The summed E-state index contributed by atoms with van der Waals surface area (Å²) in [6.45, 7) is 2.79. The molecule has 0 radical (unpaired) electrons. The minimum Gasteiger partial charge on any atom is -0.478 e. The van der Waals surface area contributed by atoms with Crippen LogP contribution in [0.4, 0.5) is 17.6 Å². The lowest BCUT2D eigenvalue weighted by atomic mass is 10.0. The van der Waals surface area contributed by atoms with E-state index in [0.717, 1.165) is 7.11 Å². The van der Waals surface area contributed by atoms with Crippen LogP contribution in [0.25, 0.3) is 5.57 Å². The smallest absolute Gasteiger partial charge is 0.344 e. The molecular weight excluding hydrogens is 272 g/mol. The molecule has 1 rings (SSSR count). The first kappa shape index (κ1) is 14.7. The number of ether oxygens (including phenoxy) is 1. The van der Waals surface area contributed by atoms with Crippen molar-refractivity contribution in [2.24, 2.45) is 0 Å². The first-order chi connectivity index (χ1) is 8.73. The Morgan fingerprint density at radius 1 is 1.00 bits per heavy atom. The van der Waals surface area contributed by atoms with Gasteiger partial charge < -0.3 is 9.84 Å². The maximum Gasteiger partial charge on any atom is 0.344 e. The number of esters is 1. The monoisotopic (exact) mass is 278 g/mol. The van der Waals surface area contributed by atoms with Gasteiger partial charge in [0.2, 0.25) is 0 Å². The molecule has 0 unspecified atom stereocenters. The fourth-order valence-electron chi connectivity index (χ4n) is 1.28. The summed E-state index contributed by atoms with van der Waals surface area (Å²) in [7, 11) is 0.751. The Labute approximate surface area is 103 Å². The average Bonchev–Trinajstić information content (AvgIpc) is 2.36. The second-order valence-electron chi connectivity index (χ2n) is 3.28. The van der Waals surface area contributed by atoms with Crippen LogP contribution in [-0.4, -0.2) is 24.2 Å². The summed E-state index contributed by atoms with van der Waals surface area (Å²) in [5, 5.41) is 8.52. The average molecular weight is 278 g/mol. The van der Waals surface area contributed by atoms with Crippen LogP contribution in [0.2, 0.25) is 0 Å². The summed E-state index contributed by atoms with van der Waals surface area (Å²) < 4.78 is 57.9. The quantitative estimate of drug-likeness (QED) is 0.398. The molecule has 0 aliphatic rings. The third-order valence-electron chi connectivity index (χ3n) is 2.21. The highest BCUT2D eigenvalue weighted by molar-refractivity contribution is 6.14. The summed E-state index contributed by atoms with van der Waals surface area (Å²) in [5.41, 5.74) is -4.26. The molecule has 4 nitrogen and oxygen atoms in total. The number of halogens is 4. The predicted octanol–water partition coefficient (Wildman–Crippen LogP) is 2.13. The van der Waals surface area contributed by atoms with Crippen LogP contribution in [0.15, 0.2) is 6.58 Å². The van der Waals surface area contributed by atoms with Crippen LogP contribution in [0.5, 0.6) is 0 Å². The molecule has 0 spiro atoms. The van der Waals surface area contributed by atoms with Crippen molar-refractivity contribution in [3.63, 3.8) is 0 Å². The van der Waals surface area contributed by atoms with Crippen molar-refractivity contribution in [3.8, 4) is 0 Å². The Morgan fingerprint density at radius 3 is 1.68 bits per heavy atom. The zero-order valence-corrected chi connectivity index (χ0v) is 9.39. The maximum atomic E-state index is 13.5. The van der Waals surface area contributed by atoms with Gasteiger partial charge in [-0.25, -0.2) is 27.2 Å². The van der Waals surface area contributed by atoms with Gasteiger partial charge in [0.25, 0.3) is 0 Å². The molecule has 0 aliphatic heterocycles. The van der Waals surface area contributed by atoms with Crippen LogP contribution in [0, 0.1) is 23.3 Å². The van der Waals surface area contributed by atoms with Gasteiger partial charge in [0.15, 0.2) is 23.3 Å². The molecule has 0 fully saturated rings. The summed E-state index contributed by atoms with van der Waals surface area (Å²) in [6.07, 6.45) is 0. The van der Waals surface area contributed by atoms with Gasteiger partial charge in [-0.15, -0.1) is 0 Å². The molecule has 0 saturated heterocycles. The van der Waals surface area contributed by atoms with Gasteiger partial charge in [0.1, 0.15) is 5.56 Å². The van der Waals surface area contributed by atoms with Crippen molar-refractivity contribution in [1.29, 1.82) is 0 Å². The molecule has 0 aromatic heterocycles. The molecule has 1 aromatic carbocycles. The Kier molecular flexibility index (Phi) is 3.93. The lowest BCUT2D eigenvalue weighted by molar-refractivity contribution is -0.130. The first-order valence-electron chi connectivity index (χ1n) is 4.60. The third-order valence-corrected chi connectivity index (χ3v) is 2.21. The SMILES string of the molecule is C=C(C(=O)O)c1c(F)c(F)c(C(=O)OC)c(F)c1F. The van der Waals surface area contributed by atoms with Crippen molar-refractivity contribution in [1.82, 2.24) is 0 Å². The zero-order valence-electron chi connectivity index (χ0n) is 9.39. The number of carboxylic acids is 1. The molecule has 0 atom stereocenters. The minimum atomic E-state index is -2.05. The van der Waals surface area contributed by atoms with E-state index in [1.165, 1.54) is 0 Å². The van der Waals surface area contributed by atoms with E-state index in [-0.39, 0.29) is 0 Å². The number of rotatable bonds is 3. The van der Waals surface area contributed by atoms with Gasteiger partial charge in [-0.05, 0) is 0 Å². The number of benzene rings is 1.